The summed E-state index contributed by atoms with van der Waals surface area (Å²) < 4.78 is 6.71. The van der Waals surface area contributed by atoms with Gasteiger partial charge >= 0.3 is 0 Å². The third kappa shape index (κ3) is 4.37. The van der Waals surface area contributed by atoms with E-state index >= 15 is 0 Å². The van der Waals surface area contributed by atoms with Crippen molar-refractivity contribution in [1.29, 1.82) is 0 Å². The van der Waals surface area contributed by atoms with Crippen LogP contribution < -0.4 is 15.4 Å². The predicted octanol–water partition coefficient (Wildman–Crippen LogP) is 3.73. The molecule has 2 N–H and O–H groups in total. The number of methoxy groups -OCH3 is 1. The van der Waals surface area contributed by atoms with Crippen molar-refractivity contribution in [2.45, 2.75) is 13.8 Å². The molecule has 7 heteroatoms. The van der Waals surface area contributed by atoms with E-state index in [1.165, 1.54) is 0 Å². The highest BCUT2D eigenvalue weighted by atomic mass is 16.5. The fraction of sp³-hybridized carbons (Fsp3) is 0.190. The number of carbonyl (C=O) groups excluding carboxylic acids is 2. The van der Waals surface area contributed by atoms with E-state index < -0.39 is 0 Å². The number of nitrogens with zero attached hydrogens (tertiary/aromatic N) is 2. The number of anilines is 2. The van der Waals surface area contributed by atoms with E-state index in [0.717, 1.165) is 5.69 Å². The van der Waals surface area contributed by atoms with Crippen molar-refractivity contribution in [2.24, 2.45) is 5.92 Å². The highest BCUT2D eigenvalue weighted by molar-refractivity contribution is 6.04. The summed E-state index contributed by atoms with van der Waals surface area (Å²) in [6.45, 7) is 3.60. The molecule has 0 saturated heterocycles. The number of amides is 2. The molecule has 28 heavy (non-hydrogen) atoms. The molecule has 2 aromatic carbocycles. The predicted molar refractivity (Wildman–Crippen MR) is 108 cm³/mol. The Balaban J connectivity index is 1.91. The van der Waals surface area contributed by atoms with E-state index in [9.17, 15) is 9.59 Å². The van der Waals surface area contributed by atoms with Crippen LogP contribution in [0.5, 0.6) is 5.75 Å². The molecule has 0 aliphatic rings. The normalized spacial score (nSPS) is 10.6. The summed E-state index contributed by atoms with van der Waals surface area (Å²) in [5, 5.41) is 10.0. The molecular formula is C21H22N4O3. The third-order valence-electron chi connectivity index (χ3n) is 4.05. The first kappa shape index (κ1) is 19.2. The van der Waals surface area contributed by atoms with Crippen molar-refractivity contribution in [2.75, 3.05) is 17.7 Å². The van der Waals surface area contributed by atoms with Crippen molar-refractivity contribution in [1.82, 2.24) is 9.78 Å². The van der Waals surface area contributed by atoms with Gasteiger partial charge < -0.3 is 15.4 Å². The van der Waals surface area contributed by atoms with Gasteiger partial charge in [0, 0.05) is 23.7 Å². The van der Waals surface area contributed by atoms with Crippen LogP contribution in [0.3, 0.4) is 0 Å². The number of para-hydroxylation sites is 1. The smallest absolute Gasteiger partial charge is 0.276 e. The van der Waals surface area contributed by atoms with Crippen LogP contribution in [0.15, 0.2) is 60.7 Å². The number of benzene rings is 2. The maximum atomic E-state index is 12.7. The summed E-state index contributed by atoms with van der Waals surface area (Å²) in [5.41, 5.74) is 1.51. The molecule has 0 spiro atoms. The Morgan fingerprint density at radius 2 is 1.75 bits per heavy atom. The summed E-state index contributed by atoms with van der Waals surface area (Å²) in [7, 11) is 1.56. The zero-order valence-corrected chi connectivity index (χ0v) is 16.0. The SMILES string of the molecule is COc1cccc(NC(=O)c2cc(NC(=O)C(C)C)n(-c3ccccc3)n2)c1. The number of hydrogen-bond donors (Lipinski definition) is 2. The fourth-order valence-electron chi connectivity index (χ4n) is 2.51. The summed E-state index contributed by atoms with van der Waals surface area (Å²) in [5.74, 6) is 0.325. The van der Waals surface area contributed by atoms with Crippen LogP contribution in [0.25, 0.3) is 5.69 Å². The van der Waals surface area contributed by atoms with Gasteiger partial charge in [-0.15, -0.1) is 0 Å². The molecule has 0 aliphatic carbocycles. The molecular weight excluding hydrogens is 356 g/mol. The Labute approximate surface area is 163 Å². The standard InChI is InChI=1S/C21H22N4O3/c1-14(2)20(26)23-19-13-18(24-25(19)16-9-5-4-6-10-16)21(27)22-15-8-7-11-17(12-15)28-3/h4-14H,1-3H3,(H,22,27)(H,23,26). The van der Waals surface area contributed by atoms with Gasteiger partial charge in [-0.05, 0) is 24.3 Å². The maximum absolute atomic E-state index is 12.7. The first-order chi connectivity index (χ1) is 13.5. The highest BCUT2D eigenvalue weighted by Crippen LogP contribution is 2.21. The van der Waals surface area contributed by atoms with Gasteiger partial charge in [0.2, 0.25) is 5.91 Å². The molecule has 0 unspecified atom stereocenters. The molecule has 2 amide bonds. The van der Waals surface area contributed by atoms with E-state index in [4.69, 9.17) is 4.74 Å². The molecule has 3 rings (SSSR count). The molecule has 144 valence electrons. The van der Waals surface area contributed by atoms with Crippen molar-refractivity contribution < 1.29 is 14.3 Å². The first-order valence-corrected chi connectivity index (χ1v) is 8.89. The van der Waals surface area contributed by atoms with Crippen LogP contribution in [0.2, 0.25) is 0 Å². The fourth-order valence-corrected chi connectivity index (χ4v) is 2.51. The topological polar surface area (TPSA) is 85.3 Å². The van der Waals surface area contributed by atoms with Gasteiger partial charge in [-0.1, -0.05) is 38.1 Å². The number of ether oxygens (including phenoxy) is 1. The molecule has 1 heterocycles. The molecule has 0 radical (unpaired) electrons. The zero-order chi connectivity index (χ0) is 20.1. The first-order valence-electron chi connectivity index (χ1n) is 8.89. The number of rotatable bonds is 6. The van der Waals surface area contributed by atoms with E-state index in [2.05, 4.69) is 15.7 Å². The quantitative estimate of drug-likeness (QED) is 0.684. The molecule has 0 saturated carbocycles. The second-order valence-electron chi connectivity index (χ2n) is 6.49. The molecule has 0 bridgehead atoms. The van der Waals surface area contributed by atoms with E-state index in [-0.39, 0.29) is 23.4 Å². The van der Waals surface area contributed by atoms with Crippen LogP contribution in [0.4, 0.5) is 11.5 Å². The molecule has 0 fully saturated rings. The van der Waals surface area contributed by atoms with Crippen molar-refractivity contribution in [3.63, 3.8) is 0 Å². The molecule has 7 nitrogen and oxygen atoms in total. The maximum Gasteiger partial charge on any atom is 0.276 e. The summed E-state index contributed by atoms with van der Waals surface area (Å²) in [6, 6.07) is 17.9. The van der Waals surface area contributed by atoms with Gasteiger partial charge in [0.25, 0.3) is 5.91 Å². The lowest BCUT2D eigenvalue weighted by Gasteiger charge is -2.10. The summed E-state index contributed by atoms with van der Waals surface area (Å²) in [6.07, 6.45) is 0. The monoisotopic (exact) mass is 378 g/mol. The van der Waals surface area contributed by atoms with Crippen LogP contribution in [-0.2, 0) is 4.79 Å². The highest BCUT2D eigenvalue weighted by Gasteiger charge is 2.18. The summed E-state index contributed by atoms with van der Waals surface area (Å²) >= 11 is 0. The number of hydrogen-bond acceptors (Lipinski definition) is 4. The third-order valence-corrected chi connectivity index (χ3v) is 4.05. The Morgan fingerprint density at radius 1 is 1.00 bits per heavy atom. The minimum absolute atomic E-state index is 0.156. The number of nitrogens with one attached hydrogen (secondary N) is 2. The van der Waals surface area contributed by atoms with Gasteiger partial charge in [-0.3, -0.25) is 9.59 Å². The van der Waals surface area contributed by atoms with Crippen LogP contribution >= 0.6 is 0 Å². The van der Waals surface area contributed by atoms with Crippen molar-refractivity contribution in [3.05, 3.63) is 66.4 Å². The minimum Gasteiger partial charge on any atom is -0.497 e. The molecule has 1 aromatic heterocycles. The van der Waals surface area contributed by atoms with Crippen molar-refractivity contribution in [3.8, 4) is 11.4 Å². The lowest BCUT2D eigenvalue weighted by atomic mass is 10.2. The second-order valence-corrected chi connectivity index (χ2v) is 6.49. The van der Waals surface area contributed by atoms with E-state index in [1.54, 1.807) is 56.0 Å². The Morgan fingerprint density at radius 3 is 2.43 bits per heavy atom. The average molecular weight is 378 g/mol. The molecule has 3 aromatic rings. The lowest BCUT2D eigenvalue weighted by Crippen LogP contribution is -2.19. The average Bonchev–Trinajstić information content (AvgIpc) is 3.12. The Kier molecular flexibility index (Phi) is 5.74. The molecule has 0 atom stereocenters. The van der Waals surface area contributed by atoms with Crippen molar-refractivity contribution >= 4 is 23.3 Å². The number of carbonyl (C=O) groups is 2. The lowest BCUT2D eigenvalue weighted by molar-refractivity contribution is -0.118. The van der Waals surface area contributed by atoms with E-state index in [1.807, 2.05) is 30.3 Å². The minimum atomic E-state index is -0.386. The zero-order valence-electron chi connectivity index (χ0n) is 16.0. The second kappa shape index (κ2) is 8.39. The summed E-state index contributed by atoms with van der Waals surface area (Å²) in [4.78, 5) is 24.9. The van der Waals surface area contributed by atoms with Crippen LogP contribution in [0.1, 0.15) is 24.3 Å². The van der Waals surface area contributed by atoms with E-state index in [0.29, 0.717) is 17.3 Å². The van der Waals surface area contributed by atoms with Crippen LogP contribution in [0, 0.1) is 5.92 Å². The van der Waals surface area contributed by atoms with Gasteiger partial charge in [0.1, 0.15) is 11.6 Å². The number of aromatic nitrogens is 2. The van der Waals surface area contributed by atoms with Gasteiger partial charge in [0.05, 0.1) is 12.8 Å². The van der Waals surface area contributed by atoms with Crippen LogP contribution in [-0.4, -0.2) is 28.7 Å². The van der Waals surface area contributed by atoms with Gasteiger partial charge in [0.15, 0.2) is 5.69 Å². The van der Waals surface area contributed by atoms with Gasteiger partial charge in [-0.25, -0.2) is 4.68 Å². The largest absolute Gasteiger partial charge is 0.497 e. The Hall–Kier alpha value is -3.61. The molecule has 0 aliphatic heterocycles. The Bertz CT molecular complexity index is 980. The van der Waals surface area contributed by atoms with Gasteiger partial charge in [-0.2, -0.15) is 5.10 Å².